The second kappa shape index (κ2) is 5.67. The molecule has 0 atom stereocenters. The average molecular weight is 294 g/mol. The summed E-state index contributed by atoms with van der Waals surface area (Å²) in [6, 6.07) is 1.61. The normalized spacial score (nSPS) is 16.0. The first-order valence-corrected chi connectivity index (χ1v) is 6.97. The summed E-state index contributed by atoms with van der Waals surface area (Å²) in [7, 11) is 0. The highest BCUT2D eigenvalue weighted by atomic mass is 16.6. The van der Waals surface area contributed by atoms with Gasteiger partial charge >= 0.3 is 6.09 Å². The summed E-state index contributed by atoms with van der Waals surface area (Å²) >= 11 is 0. The number of nitrogens with one attached hydrogen (secondary N) is 1. The predicted octanol–water partition coefficient (Wildman–Crippen LogP) is 1.29. The molecule has 0 radical (unpaired) electrons. The van der Waals surface area contributed by atoms with Gasteiger partial charge in [-0.1, -0.05) is 0 Å². The van der Waals surface area contributed by atoms with Crippen LogP contribution in [-0.4, -0.2) is 58.6 Å². The maximum atomic E-state index is 12.2. The van der Waals surface area contributed by atoms with Crippen LogP contribution in [0.5, 0.6) is 0 Å². The smallest absolute Gasteiger partial charge is 0.410 e. The lowest BCUT2D eigenvalue weighted by Crippen LogP contribution is -2.51. The van der Waals surface area contributed by atoms with Crippen LogP contribution < -0.4 is 5.73 Å². The van der Waals surface area contributed by atoms with Gasteiger partial charge in [0.05, 0.1) is 0 Å². The Hall–Kier alpha value is -2.18. The lowest BCUT2D eigenvalue weighted by atomic mass is 10.2. The van der Waals surface area contributed by atoms with Gasteiger partial charge in [-0.15, -0.1) is 0 Å². The molecule has 0 aromatic carbocycles. The Morgan fingerprint density at radius 3 is 2.24 bits per heavy atom. The molecule has 0 aliphatic carbocycles. The molecule has 0 saturated carbocycles. The summed E-state index contributed by atoms with van der Waals surface area (Å²) in [4.78, 5) is 30.3. The standard InChI is InChI=1S/C14H22N4O3/c1-14(2,3)21-13(20)18-6-4-17(5-7-18)12(19)11-8-10(15)9-16-11/h8-9,16H,4-7,15H2,1-3H3. The fourth-order valence-electron chi connectivity index (χ4n) is 2.12. The van der Waals surface area contributed by atoms with Crippen molar-refractivity contribution < 1.29 is 14.3 Å². The Morgan fingerprint density at radius 1 is 1.19 bits per heavy atom. The zero-order chi connectivity index (χ0) is 15.6. The van der Waals surface area contributed by atoms with Crippen LogP contribution in [0.1, 0.15) is 31.3 Å². The van der Waals surface area contributed by atoms with Gasteiger partial charge in [0.25, 0.3) is 5.91 Å². The Labute approximate surface area is 124 Å². The minimum atomic E-state index is -0.508. The van der Waals surface area contributed by atoms with Gasteiger partial charge in [0.15, 0.2) is 0 Å². The molecule has 2 amide bonds. The zero-order valence-corrected chi connectivity index (χ0v) is 12.7. The number of aromatic amines is 1. The predicted molar refractivity (Wildman–Crippen MR) is 78.9 cm³/mol. The van der Waals surface area contributed by atoms with Crippen molar-refractivity contribution in [2.24, 2.45) is 0 Å². The molecule has 1 fully saturated rings. The second-order valence-electron chi connectivity index (χ2n) is 6.11. The SMILES string of the molecule is CC(C)(C)OC(=O)N1CCN(C(=O)c2cc(N)c[nH]2)CC1. The zero-order valence-electron chi connectivity index (χ0n) is 12.7. The van der Waals surface area contributed by atoms with Crippen LogP contribution in [0, 0.1) is 0 Å². The number of amides is 2. The quantitative estimate of drug-likeness (QED) is 0.816. The first kappa shape index (κ1) is 15.2. The largest absolute Gasteiger partial charge is 0.444 e. The van der Waals surface area contributed by atoms with Gasteiger partial charge in [0.1, 0.15) is 11.3 Å². The summed E-state index contributed by atoms with van der Waals surface area (Å²) in [5.41, 5.74) is 6.09. The van der Waals surface area contributed by atoms with Gasteiger partial charge < -0.3 is 25.3 Å². The summed E-state index contributed by atoms with van der Waals surface area (Å²) in [5, 5.41) is 0. The average Bonchev–Trinajstić information content (AvgIpc) is 2.83. The van der Waals surface area contributed by atoms with Crippen LogP contribution in [0.4, 0.5) is 10.5 Å². The number of hydrogen-bond acceptors (Lipinski definition) is 4. The van der Waals surface area contributed by atoms with Crippen LogP contribution in [0.2, 0.25) is 0 Å². The molecule has 3 N–H and O–H groups in total. The third kappa shape index (κ3) is 3.90. The Bertz CT molecular complexity index is 525. The number of piperazine rings is 1. The maximum absolute atomic E-state index is 12.2. The lowest BCUT2D eigenvalue weighted by Gasteiger charge is -2.35. The highest BCUT2D eigenvalue weighted by Gasteiger charge is 2.28. The van der Waals surface area contributed by atoms with Gasteiger partial charge in [-0.25, -0.2) is 4.79 Å². The summed E-state index contributed by atoms with van der Waals surface area (Å²) in [6.45, 7) is 7.41. The molecule has 1 aliphatic heterocycles. The fraction of sp³-hybridized carbons (Fsp3) is 0.571. The first-order valence-electron chi connectivity index (χ1n) is 6.97. The summed E-state index contributed by atoms with van der Waals surface area (Å²) in [6.07, 6.45) is 1.25. The van der Waals surface area contributed by atoms with Crippen molar-refractivity contribution in [2.75, 3.05) is 31.9 Å². The number of ether oxygens (including phenoxy) is 1. The first-order chi connectivity index (χ1) is 9.76. The van der Waals surface area contributed by atoms with Crippen molar-refractivity contribution in [3.63, 3.8) is 0 Å². The molecule has 21 heavy (non-hydrogen) atoms. The molecule has 2 heterocycles. The van der Waals surface area contributed by atoms with Crippen LogP contribution in [-0.2, 0) is 4.74 Å². The third-order valence-corrected chi connectivity index (χ3v) is 3.15. The number of rotatable bonds is 1. The van der Waals surface area contributed by atoms with Gasteiger partial charge in [-0.05, 0) is 26.8 Å². The van der Waals surface area contributed by atoms with Crippen molar-refractivity contribution >= 4 is 17.7 Å². The molecule has 0 bridgehead atoms. The van der Waals surface area contributed by atoms with E-state index in [1.165, 1.54) is 0 Å². The second-order valence-corrected chi connectivity index (χ2v) is 6.11. The number of nitrogens with two attached hydrogens (primary N) is 1. The number of H-pyrrole nitrogens is 1. The molecule has 7 nitrogen and oxygen atoms in total. The third-order valence-electron chi connectivity index (χ3n) is 3.15. The van der Waals surface area contributed by atoms with Gasteiger partial charge in [0.2, 0.25) is 0 Å². The van der Waals surface area contributed by atoms with E-state index in [1.807, 2.05) is 20.8 Å². The molecular weight excluding hydrogens is 272 g/mol. The van der Waals surface area contributed by atoms with E-state index in [9.17, 15) is 9.59 Å². The number of nitrogens with zero attached hydrogens (tertiary/aromatic N) is 2. The number of aromatic nitrogens is 1. The highest BCUT2D eigenvalue weighted by molar-refractivity contribution is 5.93. The minimum Gasteiger partial charge on any atom is -0.444 e. The van der Waals surface area contributed by atoms with Gasteiger partial charge in [-0.3, -0.25) is 4.79 Å². The molecule has 0 unspecified atom stereocenters. The molecule has 0 spiro atoms. The summed E-state index contributed by atoms with van der Waals surface area (Å²) < 4.78 is 5.32. The molecule has 116 valence electrons. The monoisotopic (exact) mass is 294 g/mol. The minimum absolute atomic E-state index is 0.101. The molecule has 1 aromatic rings. The van der Waals surface area contributed by atoms with Crippen LogP contribution >= 0.6 is 0 Å². The number of nitrogen functional groups attached to an aromatic ring is 1. The van der Waals surface area contributed by atoms with Gasteiger partial charge in [-0.2, -0.15) is 0 Å². The van der Waals surface area contributed by atoms with Gasteiger partial charge in [0, 0.05) is 38.1 Å². The van der Waals surface area contributed by atoms with Crippen molar-refractivity contribution in [1.82, 2.24) is 14.8 Å². The topological polar surface area (TPSA) is 91.7 Å². The number of hydrogen-bond donors (Lipinski definition) is 2. The van der Waals surface area contributed by atoms with E-state index in [0.29, 0.717) is 37.6 Å². The van der Waals surface area contributed by atoms with Crippen molar-refractivity contribution in [3.05, 3.63) is 18.0 Å². The van der Waals surface area contributed by atoms with E-state index in [1.54, 1.807) is 22.1 Å². The molecular formula is C14H22N4O3. The van der Waals surface area contributed by atoms with E-state index >= 15 is 0 Å². The molecule has 1 aromatic heterocycles. The van der Waals surface area contributed by atoms with Crippen molar-refractivity contribution in [3.8, 4) is 0 Å². The number of anilines is 1. The highest BCUT2D eigenvalue weighted by Crippen LogP contribution is 2.14. The Kier molecular flexibility index (Phi) is 4.11. The number of carbonyl (C=O) groups excluding carboxylic acids is 2. The van der Waals surface area contributed by atoms with Crippen LogP contribution in [0.3, 0.4) is 0 Å². The van der Waals surface area contributed by atoms with Crippen LogP contribution in [0.25, 0.3) is 0 Å². The molecule has 7 heteroatoms. The van der Waals surface area contributed by atoms with E-state index in [4.69, 9.17) is 10.5 Å². The van der Waals surface area contributed by atoms with E-state index < -0.39 is 5.60 Å². The lowest BCUT2D eigenvalue weighted by molar-refractivity contribution is 0.0140. The van der Waals surface area contributed by atoms with Crippen LogP contribution in [0.15, 0.2) is 12.3 Å². The Balaban J connectivity index is 1.88. The van der Waals surface area contributed by atoms with E-state index in [0.717, 1.165) is 0 Å². The maximum Gasteiger partial charge on any atom is 0.410 e. The fourth-order valence-corrected chi connectivity index (χ4v) is 2.12. The molecule has 2 rings (SSSR count). The van der Waals surface area contributed by atoms with E-state index in [2.05, 4.69) is 4.98 Å². The Morgan fingerprint density at radius 2 is 1.76 bits per heavy atom. The van der Waals surface area contributed by atoms with Crippen molar-refractivity contribution in [1.29, 1.82) is 0 Å². The summed E-state index contributed by atoms with van der Waals surface area (Å²) in [5.74, 6) is -0.101. The molecule has 1 saturated heterocycles. The van der Waals surface area contributed by atoms with E-state index in [-0.39, 0.29) is 12.0 Å². The van der Waals surface area contributed by atoms with Crippen molar-refractivity contribution in [2.45, 2.75) is 26.4 Å². The molecule has 1 aliphatic rings. The number of carbonyl (C=O) groups is 2.